The van der Waals surface area contributed by atoms with Gasteiger partial charge in [0, 0.05) is 24.0 Å². The number of amides is 2. The van der Waals surface area contributed by atoms with E-state index < -0.39 is 11.5 Å². The Morgan fingerprint density at radius 1 is 1.10 bits per heavy atom. The maximum Gasteiger partial charge on any atom is 0.349 e. The molecule has 0 saturated heterocycles. The Morgan fingerprint density at radius 2 is 1.90 bits per heavy atom. The molecule has 30 heavy (non-hydrogen) atoms. The summed E-state index contributed by atoms with van der Waals surface area (Å²) in [7, 11) is 1.49. The molecule has 1 aromatic heterocycles. The lowest BCUT2D eigenvalue weighted by Gasteiger charge is -2.35. The van der Waals surface area contributed by atoms with E-state index in [9.17, 15) is 14.4 Å². The van der Waals surface area contributed by atoms with Crippen LogP contribution in [0.5, 0.6) is 5.75 Å². The number of aryl methyl sites for hydroxylation is 2. The lowest BCUT2D eigenvalue weighted by Crippen LogP contribution is -2.39. The van der Waals surface area contributed by atoms with Gasteiger partial charge in [-0.25, -0.2) is 4.79 Å². The van der Waals surface area contributed by atoms with Crippen LogP contribution < -0.4 is 20.6 Å². The number of para-hydroxylation sites is 1. The molecule has 1 N–H and O–H groups in total. The van der Waals surface area contributed by atoms with Crippen molar-refractivity contribution in [3.05, 3.63) is 63.5 Å². The van der Waals surface area contributed by atoms with Crippen LogP contribution in [0.15, 0.2) is 45.6 Å². The van der Waals surface area contributed by atoms with E-state index in [1.54, 1.807) is 18.2 Å². The van der Waals surface area contributed by atoms with Gasteiger partial charge in [0.05, 0.1) is 12.8 Å². The highest BCUT2D eigenvalue weighted by Gasteiger charge is 2.30. The average Bonchev–Trinajstić information content (AvgIpc) is 2.75. The predicted octanol–water partition coefficient (Wildman–Crippen LogP) is 3.28. The first-order chi connectivity index (χ1) is 14.5. The molecular weight excluding hydrogens is 384 g/mol. The van der Waals surface area contributed by atoms with E-state index in [1.165, 1.54) is 13.2 Å². The first-order valence-corrected chi connectivity index (χ1v) is 9.93. The smallest absolute Gasteiger partial charge is 0.349 e. The van der Waals surface area contributed by atoms with Crippen molar-refractivity contribution in [3.8, 4) is 5.75 Å². The molecule has 2 amide bonds. The van der Waals surface area contributed by atoms with Gasteiger partial charge >= 0.3 is 5.63 Å². The van der Waals surface area contributed by atoms with E-state index in [2.05, 4.69) is 5.32 Å². The number of anilines is 2. The number of nitrogens with one attached hydrogen (secondary N) is 1. The summed E-state index contributed by atoms with van der Waals surface area (Å²) >= 11 is 0. The number of fused-ring (bicyclic) bond motifs is 1. The molecule has 0 unspecified atom stereocenters. The summed E-state index contributed by atoms with van der Waals surface area (Å²) in [5.41, 5.74) is 3.24. The number of nitrogens with zero attached hydrogens (tertiary/aromatic N) is 1. The summed E-state index contributed by atoms with van der Waals surface area (Å²) in [6, 6.07) is 10.5. The highest BCUT2D eigenvalue weighted by atomic mass is 16.5. The van der Waals surface area contributed by atoms with Crippen LogP contribution in [0, 0.1) is 0 Å². The van der Waals surface area contributed by atoms with Gasteiger partial charge in [-0.05, 0) is 54.7 Å². The van der Waals surface area contributed by atoms with Gasteiger partial charge in [0.15, 0.2) is 11.3 Å². The molecule has 0 aliphatic carbocycles. The van der Waals surface area contributed by atoms with Gasteiger partial charge in [-0.3, -0.25) is 9.59 Å². The number of carbonyl (C=O) groups excluding carboxylic acids is 2. The van der Waals surface area contributed by atoms with Crippen LogP contribution in [0.25, 0.3) is 11.0 Å². The number of hydrogen-bond acceptors (Lipinski definition) is 5. The summed E-state index contributed by atoms with van der Waals surface area (Å²) in [6.07, 6.45) is 2.87. The van der Waals surface area contributed by atoms with Gasteiger partial charge in [-0.2, -0.15) is 0 Å². The Labute approximate surface area is 172 Å². The second-order valence-corrected chi connectivity index (χ2v) is 7.57. The van der Waals surface area contributed by atoms with E-state index in [0.717, 1.165) is 36.2 Å². The van der Waals surface area contributed by atoms with Crippen LogP contribution in [0.2, 0.25) is 0 Å². The fourth-order valence-corrected chi connectivity index (χ4v) is 4.36. The van der Waals surface area contributed by atoms with E-state index in [1.807, 2.05) is 17.0 Å². The van der Waals surface area contributed by atoms with Crippen molar-refractivity contribution in [2.24, 2.45) is 0 Å². The minimum Gasteiger partial charge on any atom is -0.493 e. The van der Waals surface area contributed by atoms with Crippen molar-refractivity contribution in [1.29, 1.82) is 0 Å². The van der Waals surface area contributed by atoms with Crippen molar-refractivity contribution in [2.75, 3.05) is 23.9 Å². The van der Waals surface area contributed by atoms with E-state index in [-0.39, 0.29) is 11.5 Å². The lowest BCUT2D eigenvalue weighted by atomic mass is 9.91. The zero-order valence-corrected chi connectivity index (χ0v) is 16.5. The molecule has 0 fully saturated rings. The van der Waals surface area contributed by atoms with Crippen molar-refractivity contribution in [3.63, 3.8) is 0 Å². The Balaban J connectivity index is 1.50. The van der Waals surface area contributed by atoms with Gasteiger partial charge in [0.1, 0.15) is 5.56 Å². The van der Waals surface area contributed by atoms with Crippen LogP contribution in [-0.4, -0.2) is 25.5 Å². The number of carbonyl (C=O) groups is 2. The Hall–Kier alpha value is -3.61. The molecule has 3 heterocycles. The quantitative estimate of drug-likeness (QED) is 0.677. The van der Waals surface area contributed by atoms with Crippen LogP contribution in [0.4, 0.5) is 11.4 Å². The number of hydrogen-bond donors (Lipinski definition) is 1. The molecular formula is C23H20N2O5. The Bertz CT molecular complexity index is 1240. The molecule has 0 radical (unpaired) electrons. The monoisotopic (exact) mass is 404 g/mol. The SMILES string of the molecule is COc1cccc2cc(C(=O)Nc3cc4c5c(c3)CCC(=O)N5CCC4)c(=O)oc12. The highest BCUT2D eigenvalue weighted by molar-refractivity contribution is 6.06. The van der Waals surface area contributed by atoms with Gasteiger partial charge in [-0.15, -0.1) is 0 Å². The summed E-state index contributed by atoms with van der Waals surface area (Å²) in [6.45, 7) is 0.742. The Morgan fingerprint density at radius 3 is 2.70 bits per heavy atom. The van der Waals surface area contributed by atoms with Crippen LogP contribution in [0.1, 0.15) is 34.3 Å². The van der Waals surface area contributed by atoms with Crippen molar-refractivity contribution >= 4 is 34.2 Å². The van der Waals surface area contributed by atoms with E-state index in [4.69, 9.17) is 9.15 Å². The zero-order chi connectivity index (χ0) is 20.8. The summed E-state index contributed by atoms with van der Waals surface area (Å²) < 4.78 is 10.6. The summed E-state index contributed by atoms with van der Waals surface area (Å²) in [5, 5.41) is 3.44. The molecule has 2 aliphatic rings. The first kappa shape index (κ1) is 18.4. The van der Waals surface area contributed by atoms with Crippen LogP contribution in [0.3, 0.4) is 0 Å². The second kappa shape index (κ2) is 7.02. The van der Waals surface area contributed by atoms with Gasteiger partial charge < -0.3 is 19.4 Å². The zero-order valence-electron chi connectivity index (χ0n) is 16.5. The number of rotatable bonds is 3. The number of benzene rings is 2. The molecule has 2 aromatic carbocycles. The first-order valence-electron chi connectivity index (χ1n) is 9.93. The standard InChI is InChI=1S/C23H20N2O5/c1-29-18-6-2-4-15-12-17(23(28)30-21(15)18)22(27)24-16-10-13-5-3-9-25-19(26)8-7-14(11-16)20(13)25/h2,4,6,10-12H,3,5,7-9H2,1H3,(H,24,27). The molecule has 7 heteroatoms. The average molecular weight is 404 g/mol. The predicted molar refractivity (Wildman–Crippen MR) is 112 cm³/mol. The third-order valence-corrected chi connectivity index (χ3v) is 5.72. The molecule has 7 nitrogen and oxygen atoms in total. The van der Waals surface area contributed by atoms with Gasteiger partial charge in [-0.1, -0.05) is 12.1 Å². The molecule has 0 saturated carbocycles. The fourth-order valence-electron chi connectivity index (χ4n) is 4.36. The van der Waals surface area contributed by atoms with Gasteiger partial charge in [0.25, 0.3) is 5.91 Å². The molecule has 2 aliphatic heterocycles. The molecule has 0 spiro atoms. The number of methoxy groups -OCH3 is 1. The molecule has 152 valence electrons. The van der Waals surface area contributed by atoms with E-state index in [0.29, 0.717) is 35.2 Å². The fraction of sp³-hybridized carbons (Fsp3) is 0.261. The maximum absolute atomic E-state index is 12.9. The second-order valence-electron chi connectivity index (χ2n) is 7.57. The van der Waals surface area contributed by atoms with Crippen LogP contribution >= 0.6 is 0 Å². The third kappa shape index (κ3) is 2.94. The lowest BCUT2D eigenvalue weighted by molar-refractivity contribution is -0.119. The van der Waals surface area contributed by atoms with E-state index >= 15 is 0 Å². The molecule has 0 bridgehead atoms. The third-order valence-electron chi connectivity index (χ3n) is 5.72. The maximum atomic E-state index is 12.9. The normalized spacial score (nSPS) is 15.1. The molecule has 5 rings (SSSR count). The Kier molecular flexibility index (Phi) is 4.31. The van der Waals surface area contributed by atoms with Gasteiger partial charge in [0.2, 0.25) is 5.91 Å². The van der Waals surface area contributed by atoms with Crippen molar-refractivity contribution in [2.45, 2.75) is 25.7 Å². The minimum absolute atomic E-state index is 0.0704. The minimum atomic E-state index is -0.722. The van der Waals surface area contributed by atoms with Crippen molar-refractivity contribution in [1.82, 2.24) is 0 Å². The molecule has 3 aromatic rings. The largest absolute Gasteiger partial charge is 0.493 e. The van der Waals surface area contributed by atoms with Crippen LogP contribution in [-0.2, 0) is 17.6 Å². The van der Waals surface area contributed by atoms with Crippen molar-refractivity contribution < 1.29 is 18.7 Å². The molecule has 0 atom stereocenters. The highest BCUT2D eigenvalue weighted by Crippen LogP contribution is 2.38. The summed E-state index contributed by atoms with van der Waals surface area (Å²) in [5.74, 6) is 0.0639. The number of ether oxygens (including phenoxy) is 1. The topological polar surface area (TPSA) is 88.9 Å². The summed E-state index contributed by atoms with van der Waals surface area (Å²) in [4.78, 5) is 39.4.